The first-order valence-corrected chi connectivity index (χ1v) is 6.90. The van der Waals surface area contributed by atoms with Gasteiger partial charge in [0.2, 0.25) is 5.91 Å². The molecule has 6 heteroatoms. The molecule has 1 amide bonds. The van der Waals surface area contributed by atoms with Crippen LogP contribution in [-0.4, -0.2) is 32.2 Å². The fourth-order valence-electron chi connectivity index (χ4n) is 1.92. The van der Waals surface area contributed by atoms with Crippen LogP contribution in [0.25, 0.3) is 0 Å². The van der Waals surface area contributed by atoms with E-state index < -0.39 is 0 Å². The molecule has 0 radical (unpaired) electrons. The Morgan fingerprint density at radius 1 is 1.25 bits per heavy atom. The third kappa shape index (κ3) is 3.69. The van der Waals surface area contributed by atoms with Gasteiger partial charge in [-0.15, -0.1) is 0 Å². The summed E-state index contributed by atoms with van der Waals surface area (Å²) in [5.41, 5.74) is 7.29. The summed E-state index contributed by atoms with van der Waals surface area (Å²) in [6.45, 7) is 4.34. The molecular weight excluding hydrogens is 258 g/mol. The molecule has 2 rings (SSSR count). The van der Waals surface area contributed by atoms with Gasteiger partial charge < -0.3 is 25.8 Å². The number of hydrogen-bond acceptors (Lipinski definition) is 5. The molecule has 0 saturated heterocycles. The molecule has 0 bridgehead atoms. The molecule has 110 valence electrons. The highest BCUT2D eigenvalue weighted by Crippen LogP contribution is 2.36. The van der Waals surface area contributed by atoms with Crippen molar-refractivity contribution < 1.29 is 14.3 Å². The van der Waals surface area contributed by atoms with E-state index in [2.05, 4.69) is 10.6 Å². The molecule has 1 aromatic rings. The maximum atomic E-state index is 11.5. The lowest BCUT2D eigenvalue weighted by molar-refractivity contribution is -0.120. The lowest BCUT2D eigenvalue weighted by atomic mass is 10.2. The monoisotopic (exact) mass is 279 g/mol. The summed E-state index contributed by atoms with van der Waals surface area (Å²) < 4.78 is 10.9. The number of carbonyl (C=O) groups excluding carboxylic acids is 1. The second-order valence-corrected chi connectivity index (χ2v) is 4.61. The van der Waals surface area contributed by atoms with Crippen molar-refractivity contribution in [1.29, 1.82) is 0 Å². The van der Waals surface area contributed by atoms with E-state index in [1.807, 2.05) is 13.0 Å². The predicted molar refractivity (Wildman–Crippen MR) is 78.3 cm³/mol. The Kier molecular flexibility index (Phi) is 4.92. The fraction of sp³-hybridized carbons (Fsp3) is 0.500. The molecule has 1 aliphatic rings. The number of amides is 1. The summed E-state index contributed by atoms with van der Waals surface area (Å²) in [4.78, 5) is 11.5. The van der Waals surface area contributed by atoms with Crippen LogP contribution in [0.15, 0.2) is 12.1 Å². The van der Waals surface area contributed by atoms with Gasteiger partial charge in [-0.1, -0.05) is 6.92 Å². The number of nitrogen functional groups attached to an aromatic ring is 1. The molecule has 0 fully saturated rings. The zero-order valence-corrected chi connectivity index (χ0v) is 11.7. The Bertz CT molecular complexity index is 477. The van der Waals surface area contributed by atoms with E-state index in [0.29, 0.717) is 49.9 Å². The minimum absolute atomic E-state index is 0.0375. The lowest BCUT2D eigenvalue weighted by Crippen LogP contribution is -2.26. The summed E-state index contributed by atoms with van der Waals surface area (Å²) >= 11 is 0. The van der Waals surface area contributed by atoms with E-state index in [1.54, 1.807) is 6.07 Å². The normalized spacial score (nSPS) is 12.8. The maximum Gasteiger partial charge on any atom is 0.221 e. The Morgan fingerprint density at radius 2 is 1.95 bits per heavy atom. The Hall–Kier alpha value is -2.11. The largest absolute Gasteiger partial charge is 0.486 e. The molecule has 1 heterocycles. The lowest BCUT2D eigenvalue weighted by Gasteiger charge is -2.20. The molecule has 0 aromatic heterocycles. The highest BCUT2D eigenvalue weighted by atomic mass is 16.6. The third-order valence-electron chi connectivity index (χ3n) is 2.95. The van der Waals surface area contributed by atoms with Gasteiger partial charge >= 0.3 is 0 Å². The van der Waals surface area contributed by atoms with Crippen molar-refractivity contribution in [1.82, 2.24) is 5.32 Å². The summed E-state index contributed by atoms with van der Waals surface area (Å²) in [6.07, 6.45) is 1.35. The Balaban J connectivity index is 1.88. The van der Waals surface area contributed by atoms with E-state index in [9.17, 15) is 4.79 Å². The quantitative estimate of drug-likeness (QED) is 0.685. The van der Waals surface area contributed by atoms with Crippen LogP contribution in [0, 0.1) is 0 Å². The number of nitrogens with two attached hydrogens (primary N) is 1. The van der Waals surface area contributed by atoms with Crippen LogP contribution < -0.4 is 25.8 Å². The Labute approximate surface area is 118 Å². The van der Waals surface area contributed by atoms with Gasteiger partial charge in [0.25, 0.3) is 0 Å². The van der Waals surface area contributed by atoms with Crippen LogP contribution in [0.5, 0.6) is 11.5 Å². The second-order valence-electron chi connectivity index (χ2n) is 4.61. The molecule has 20 heavy (non-hydrogen) atoms. The molecule has 1 aliphatic heterocycles. The number of rotatable bonds is 6. The number of ether oxygens (including phenoxy) is 2. The minimum atomic E-state index is 0.0375. The molecule has 0 aliphatic carbocycles. The molecule has 0 spiro atoms. The van der Waals surface area contributed by atoms with Crippen LogP contribution >= 0.6 is 0 Å². The molecule has 0 atom stereocenters. The fourth-order valence-corrected chi connectivity index (χ4v) is 1.92. The van der Waals surface area contributed by atoms with Gasteiger partial charge in [0.05, 0.1) is 11.4 Å². The first-order chi connectivity index (χ1) is 9.70. The van der Waals surface area contributed by atoms with Crippen molar-refractivity contribution in [3.8, 4) is 11.5 Å². The van der Waals surface area contributed by atoms with Gasteiger partial charge in [0.15, 0.2) is 11.5 Å². The number of anilines is 2. The second kappa shape index (κ2) is 6.88. The van der Waals surface area contributed by atoms with Crippen molar-refractivity contribution in [2.24, 2.45) is 0 Å². The zero-order chi connectivity index (χ0) is 14.4. The van der Waals surface area contributed by atoms with E-state index in [1.165, 1.54) is 0 Å². The summed E-state index contributed by atoms with van der Waals surface area (Å²) in [6, 6.07) is 3.56. The third-order valence-corrected chi connectivity index (χ3v) is 2.95. The van der Waals surface area contributed by atoms with E-state index in [0.717, 1.165) is 12.1 Å². The van der Waals surface area contributed by atoms with Gasteiger partial charge in [-0.25, -0.2) is 0 Å². The zero-order valence-electron chi connectivity index (χ0n) is 11.7. The van der Waals surface area contributed by atoms with Gasteiger partial charge in [0, 0.05) is 31.6 Å². The molecule has 4 N–H and O–H groups in total. The van der Waals surface area contributed by atoms with Crippen LogP contribution in [0.1, 0.15) is 19.8 Å². The van der Waals surface area contributed by atoms with E-state index >= 15 is 0 Å². The number of benzene rings is 1. The smallest absolute Gasteiger partial charge is 0.221 e. The van der Waals surface area contributed by atoms with Gasteiger partial charge in [-0.3, -0.25) is 4.79 Å². The predicted octanol–water partition coefficient (Wildman–Crippen LogP) is 1.37. The first-order valence-electron chi connectivity index (χ1n) is 6.90. The number of nitrogens with one attached hydrogen (secondary N) is 2. The molecular formula is C14H21N3O3. The average Bonchev–Trinajstić information content (AvgIpc) is 2.45. The van der Waals surface area contributed by atoms with E-state index in [4.69, 9.17) is 15.2 Å². The summed E-state index contributed by atoms with van der Waals surface area (Å²) in [5.74, 6) is 1.39. The molecule has 6 nitrogen and oxygen atoms in total. The minimum Gasteiger partial charge on any atom is -0.486 e. The average molecular weight is 279 g/mol. The molecule has 0 unspecified atom stereocenters. The van der Waals surface area contributed by atoms with Crippen LogP contribution in [0.2, 0.25) is 0 Å². The number of fused-ring (bicyclic) bond motifs is 1. The highest BCUT2D eigenvalue weighted by Gasteiger charge is 2.14. The first kappa shape index (κ1) is 14.3. The van der Waals surface area contributed by atoms with Crippen LogP contribution in [0.4, 0.5) is 11.4 Å². The van der Waals surface area contributed by atoms with Crippen molar-refractivity contribution >= 4 is 17.3 Å². The van der Waals surface area contributed by atoms with Crippen molar-refractivity contribution in [2.75, 3.05) is 37.4 Å². The summed E-state index contributed by atoms with van der Waals surface area (Å²) in [5, 5.41) is 5.98. The Morgan fingerprint density at radius 3 is 2.65 bits per heavy atom. The van der Waals surface area contributed by atoms with Gasteiger partial charge in [-0.2, -0.15) is 0 Å². The topological polar surface area (TPSA) is 85.6 Å². The SMILES string of the molecule is CCCNC(=O)CCNc1cc2c(cc1N)OCCO2. The number of hydrogen-bond donors (Lipinski definition) is 3. The van der Waals surface area contributed by atoms with Crippen LogP contribution in [-0.2, 0) is 4.79 Å². The van der Waals surface area contributed by atoms with E-state index in [-0.39, 0.29) is 5.91 Å². The van der Waals surface area contributed by atoms with Crippen molar-refractivity contribution in [3.05, 3.63) is 12.1 Å². The van der Waals surface area contributed by atoms with Crippen molar-refractivity contribution in [3.63, 3.8) is 0 Å². The maximum absolute atomic E-state index is 11.5. The number of carbonyl (C=O) groups is 1. The van der Waals surface area contributed by atoms with Crippen molar-refractivity contribution in [2.45, 2.75) is 19.8 Å². The summed E-state index contributed by atoms with van der Waals surface area (Å²) in [7, 11) is 0. The highest BCUT2D eigenvalue weighted by molar-refractivity contribution is 5.77. The molecule has 1 aromatic carbocycles. The standard InChI is InChI=1S/C14H21N3O3/c1-2-4-17-14(18)3-5-16-11-9-13-12(8-10(11)15)19-6-7-20-13/h8-9,16H,2-7,15H2,1H3,(H,17,18). The van der Waals surface area contributed by atoms with Gasteiger partial charge in [-0.05, 0) is 6.42 Å². The van der Waals surface area contributed by atoms with Gasteiger partial charge in [0.1, 0.15) is 13.2 Å². The van der Waals surface area contributed by atoms with Crippen LogP contribution in [0.3, 0.4) is 0 Å². The molecule has 0 saturated carbocycles.